The van der Waals surface area contributed by atoms with Crippen molar-refractivity contribution in [1.82, 2.24) is 4.90 Å². The van der Waals surface area contributed by atoms with Crippen LogP contribution in [0.25, 0.3) is 0 Å². The van der Waals surface area contributed by atoms with Gasteiger partial charge in [0.2, 0.25) is 5.91 Å². The molecule has 0 aliphatic carbocycles. The third-order valence-electron chi connectivity index (χ3n) is 5.11. The van der Waals surface area contributed by atoms with Crippen LogP contribution in [0.4, 0.5) is 4.79 Å². The van der Waals surface area contributed by atoms with E-state index in [2.05, 4.69) is 6.58 Å². The molecule has 0 bridgehead atoms. The molecule has 2 amide bonds. The molecule has 0 aromatic heterocycles. The molecule has 5 nitrogen and oxygen atoms in total. The molecule has 1 fully saturated rings. The van der Waals surface area contributed by atoms with Gasteiger partial charge < -0.3 is 9.47 Å². The first-order chi connectivity index (χ1) is 14.4. The molecule has 1 aliphatic rings. The Balaban J connectivity index is 1.83. The average molecular weight is 448 g/mol. The lowest BCUT2D eigenvalue weighted by Gasteiger charge is -2.25. The molecule has 0 spiro atoms. The van der Waals surface area contributed by atoms with Crippen molar-refractivity contribution < 1.29 is 19.1 Å². The predicted molar refractivity (Wildman–Crippen MR) is 117 cm³/mol. The van der Waals surface area contributed by atoms with E-state index < -0.39 is 12.0 Å². The maximum absolute atomic E-state index is 13.4. The summed E-state index contributed by atoms with van der Waals surface area (Å²) in [5.41, 5.74) is 1.66. The topological polar surface area (TPSA) is 55.8 Å². The van der Waals surface area contributed by atoms with Gasteiger partial charge in [-0.2, -0.15) is 0 Å². The second-order valence-corrected chi connectivity index (χ2v) is 7.94. The van der Waals surface area contributed by atoms with Gasteiger partial charge in [-0.05, 0) is 42.5 Å². The van der Waals surface area contributed by atoms with Crippen molar-refractivity contribution in [3.05, 3.63) is 76.3 Å². The van der Waals surface area contributed by atoms with E-state index in [4.69, 9.17) is 32.7 Å². The van der Waals surface area contributed by atoms with Crippen LogP contribution in [0.3, 0.4) is 0 Å². The van der Waals surface area contributed by atoms with Crippen LogP contribution in [-0.4, -0.2) is 36.7 Å². The minimum absolute atomic E-state index is 0.171. The molecule has 0 saturated carbocycles. The molecule has 30 heavy (non-hydrogen) atoms. The van der Waals surface area contributed by atoms with Crippen molar-refractivity contribution in [3.8, 4) is 5.75 Å². The molecule has 2 aromatic rings. The smallest absolute Gasteiger partial charge is 0.416 e. The number of halogens is 2. The SMILES string of the molecule is C=CC[C@@H](Cc1c(Cl)cc(OC)cc1Cl)C(=O)N1C(=O)OC[C@H]1Cc1ccccc1. The number of allylic oxidation sites excluding steroid dienone is 1. The maximum Gasteiger partial charge on any atom is 0.416 e. The summed E-state index contributed by atoms with van der Waals surface area (Å²) in [4.78, 5) is 27.0. The second kappa shape index (κ2) is 10.0. The Bertz CT molecular complexity index is 909. The molecule has 1 saturated heterocycles. The zero-order valence-electron chi connectivity index (χ0n) is 16.6. The van der Waals surface area contributed by atoms with Crippen LogP contribution in [0.5, 0.6) is 5.75 Å². The van der Waals surface area contributed by atoms with Gasteiger partial charge >= 0.3 is 6.09 Å². The lowest BCUT2D eigenvalue weighted by molar-refractivity contribution is -0.133. The van der Waals surface area contributed by atoms with Gasteiger partial charge in [-0.15, -0.1) is 6.58 Å². The molecule has 2 aromatic carbocycles. The number of carbonyl (C=O) groups is 2. The Morgan fingerprint density at radius 2 is 1.97 bits per heavy atom. The number of benzene rings is 2. The lowest BCUT2D eigenvalue weighted by Crippen LogP contribution is -2.44. The highest BCUT2D eigenvalue weighted by molar-refractivity contribution is 6.36. The van der Waals surface area contributed by atoms with Gasteiger partial charge in [-0.1, -0.05) is 59.6 Å². The van der Waals surface area contributed by atoms with E-state index >= 15 is 0 Å². The normalized spacial score (nSPS) is 16.8. The van der Waals surface area contributed by atoms with Crippen LogP contribution in [0, 0.1) is 5.92 Å². The van der Waals surface area contributed by atoms with E-state index in [0.29, 0.717) is 34.2 Å². The van der Waals surface area contributed by atoms with Crippen LogP contribution < -0.4 is 4.74 Å². The number of cyclic esters (lactones) is 1. The molecule has 1 aliphatic heterocycles. The quantitative estimate of drug-likeness (QED) is 0.513. The fourth-order valence-corrected chi connectivity index (χ4v) is 4.20. The summed E-state index contributed by atoms with van der Waals surface area (Å²) in [6.45, 7) is 3.93. The van der Waals surface area contributed by atoms with Crippen LogP contribution in [0.15, 0.2) is 55.1 Å². The summed E-state index contributed by atoms with van der Waals surface area (Å²) in [5, 5.41) is 0.817. The summed E-state index contributed by atoms with van der Waals surface area (Å²) in [5.74, 6) is -0.331. The highest BCUT2D eigenvalue weighted by Gasteiger charge is 2.40. The van der Waals surface area contributed by atoms with Gasteiger partial charge in [0, 0.05) is 16.0 Å². The second-order valence-electron chi connectivity index (χ2n) is 7.12. The average Bonchev–Trinajstić information content (AvgIpc) is 3.09. The van der Waals surface area contributed by atoms with Crippen molar-refractivity contribution in [3.63, 3.8) is 0 Å². The minimum Gasteiger partial charge on any atom is -0.497 e. The fraction of sp³-hybridized carbons (Fsp3) is 0.304. The Morgan fingerprint density at radius 3 is 2.57 bits per heavy atom. The number of ether oxygens (including phenoxy) is 2. The molecule has 3 rings (SSSR count). The van der Waals surface area contributed by atoms with Crippen LogP contribution in [-0.2, 0) is 22.4 Å². The van der Waals surface area contributed by atoms with Crippen LogP contribution in [0.2, 0.25) is 10.0 Å². The number of imide groups is 1. The van der Waals surface area contributed by atoms with Crippen molar-refractivity contribution in [1.29, 1.82) is 0 Å². The summed E-state index contributed by atoms with van der Waals surface area (Å²) in [6.07, 6.45) is 2.21. The Hall–Kier alpha value is -2.50. The number of hydrogen-bond donors (Lipinski definition) is 0. The minimum atomic E-state index is -0.623. The zero-order valence-corrected chi connectivity index (χ0v) is 18.2. The van der Waals surface area contributed by atoms with E-state index in [1.807, 2.05) is 30.3 Å². The summed E-state index contributed by atoms with van der Waals surface area (Å²) in [6, 6.07) is 12.6. The summed E-state index contributed by atoms with van der Waals surface area (Å²) >= 11 is 12.8. The highest BCUT2D eigenvalue weighted by Crippen LogP contribution is 2.33. The molecule has 0 unspecified atom stereocenters. The standard InChI is InChI=1S/C23H23Cl2NO4/c1-3-7-16(11-19-20(24)12-18(29-2)13-21(19)25)22(27)26-17(14-30-23(26)28)10-15-8-5-4-6-9-15/h3-6,8-9,12-13,16-17H,1,7,10-11,14H2,2H3/t16-,17+/m0/s1. The summed E-state index contributed by atoms with van der Waals surface area (Å²) in [7, 11) is 1.53. The van der Waals surface area contributed by atoms with Crippen LogP contribution in [0.1, 0.15) is 17.5 Å². The molecular weight excluding hydrogens is 425 g/mol. The van der Waals surface area contributed by atoms with Gasteiger partial charge in [0.25, 0.3) is 0 Å². The molecule has 2 atom stereocenters. The largest absolute Gasteiger partial charge is 0.497 e. The van der Waals surface area contributed by atoms with E-state index in [1.165, 1.54) is 12.0 Å². The van der Waals surface area contributed by atoms with Crippen molar-refractivity contribution in [2.24, 2.45) is 5.92 Å². The number of carbonyl (C=O) groups excluding carboxylic acids is 2. The van der Waals surface area contributed by atoms with Crippen LogP contribution >= 0.6 is 23.2 Å². The third-order valence-corrected chi connectivity index (χ3v) is 5.79. The van der Waals surface area contributed by atoms with E-state index in [-0.39, 0.29) is 25.0 Å². The van der Waals surface area contributed by atoms with E-state index in [0.717, 1.165) is 5.56 Å². The van der Waals surface area contributed by atoms with Gasteiger partial charge in [0.1, 0.15) is 12.4 Å². The Morgan fingerprint density at radius 1 is 1.30 bits per heavy atom. The molecule has 1 heterocycles. The number of nitrogens with zero attached hydrogens (tertiary/aromatic N) is 1. The Labute approximate surface area is 186 Å². The molecule has 0 N–H and O–H groups in total. The van der Waals surface area contributed by atoms with E-state index in [9.17, 15) is 9.59 Å². The van der Waals surface area contributed by atoms with Gasteiger partial charge in [-0.25, -0.2) is 9.69 Å². The van der Waals surface area contributed by atoms with E-state index in [1.54, 1.807) is 18.2 Å². The Kier molecular flexibility index (Phi) is 7.40. The summed E-state index contributed by atoms with van der Waals surface area (Å²) < 4.78 is 10.4. The third kappa shape index (κ3) is 4.97. The van der Waals surface area contributed by atoms with Gasteiger partial charge in [0.05, 0.1) is 13.2 Å². The van der Waals surface area contributed by atoms with Crippen molar-refractivity contribution >= 4 is 35.2 Å². The number of methoxy groups -OCH3 is 1. The van der Waals surface area contributed by atoms with Gasteiger partial charge in [0.15, 0.2) is 0 Å². The zero-order chi connectivity index (χ0) is 21.7. The monoisotopic (exact) mass is 447 g/mol. The number of rotatable bonds is 8. The molecule has 0 radical (unpaired) electrons. The fourth-order valence-electron chi connectivity index (χ4n) is 3.58. The first kappa shape index (κ1) is 22.2. The number of hydrogen-bond acceptors (Lipinski definition) is 4. The number of amides is 2. The highest BCUT2D eigenvalue weighted by atomic mass is 35.5. The maximum atomic E-state index is 13.4. The first-order valence-corrected chi connectivity index (χ1v) is 10.4. The lowest BCUT2D eigenvalue weighted by atomic mass is 9.93. The molecule has 158 valence electrons. The van der Waals surface area contributed by atoms with Gasteiger partial charge in [-0.3, -0.25) is 4.79 Å². The van der Waals surface area contributed by atoms with Crippen molar-refractivity contribution in [2.75, 3.05) is 13.7 Å². The predicted octanol–water partition coefficient (Wildman–Crippen LogP) is 5.33. The molecular formula is C23H23Cl2NO4. The first-order valence-electron chi connectivity index (χ1n) is 9.61. The van der Waals surface area contributed by atoms with Crippen molar-refractivity contribution in [2.45, 2.75) is 25.3 Å². The molecule has 7 heteroatoms.